The minimum atomic E-state index is -3.91. The average Bonchev–Trinajstić information content (AvgIpc) is 2.75. The van der Waals surface area contributed by atoms with Gasteiger partial charge in [-0.1, -0.05) is 48.0 Å². The van der Waals surface area contributed by atoms with E-state index in [1.54, 1.807) is 24.5 Å². The first-order chi connectivity index (χ1) is 14.4. The van der Waals surface area contributed by atoms with Crippen LogP contribution in [0.4, 0.5) is 0 Å². The highest BCUT2D eigenvalue weighted by molar-refractivity contribution is 7.89. The fraction of sp³-hybridized carbons (Fsp3) is 0.0909. The lowest BCUT2D eigenvalue weighted by molar-refractivity contribution is -0.118. The molecule has 3 aromatic rings. The number of likely N-dealkylation sites (N-methyl/N-ethyl adjacent to an activating group) is 1. The maximum atomic E-state index is 13.2. The minimum absolute atomic E-state index is 0.0415. The lowest BCUT2D eigenvalue weighted by Crippen LogP contribution is -2.39. The number of pyridine rings is 1. The monoisotopic (exact) mass is 439 g/mol. The van der Waals surface area contributed by atoms with Crippen molar-refractivity contribution in [2.75, 3.05) is 7.05 Å². The van der Waals surface area contributed by atoms with Gasteiger partial charge in [0.25, 0.3) is 15.9 Å². The van der Waals surface area contributed by atoms with Gasteiger partial charge in [0, 0.05) is 42.1 Å². The van der Waals surface area contributed by atoms with Crippen LogP contribution >= 0.6 is 11.6 Å². The van der Waals surface area contributed by atoms with E-state index in [4.69, 9.17) is 11.6 Å². The number of nitrogens with zero attached hydrogens (tertiary/aromatic N) is 2. The van der Waals surface area contributed by atoms with Crippen LogP contribution in [0.25, 0.3) is 5.57 Å². The molecule has 2 aromatic carbocycles. The van der Waals surface area contributed by atoms with Gasteiger partial charge < -0.3 is 5.32 Å². The molecule has 1 aromatic heterocycles. The molecule has 1 N–H and O–H groups in total. The maximum absolute atomic E-state index is 13.2. The van der Waals surface area contributed by atoms with Crippen LogP contribution in [-0.2, 0) is 21.4 Å². The zero-order valence-corrected chi connectivity index (χ0v) is 17.6. The van der Waals surface area contributed by atoms with E-state index in [0.29, 0.717) is 21.7 Å². The van der Waals surface area contributed by atoms with Crippen LogP contribution in [-0.4, -0.2) is 30.7 Å². The Hall–Kier alpha value is -3.16. The molecule has 2 heterocycles. The van der Waals surface area contributed by atoms with Crippen molar-refractivity contribution < 1.29 is 13.2 Å². The fourth-order valence-electron chi connectivity index (χ4n) is 3.40. The second-order valence-corrected chi connectivity index (χ2v) is 9.12. The molecular weight excluding hydrogens is 422 g/mol. The Morgan fingerprint density at radius 2 is 1.87 bits per heavy atom. The molecule has 6 nitrogen and oxygen atoms in total. The molecule has 0 radical (unpaired) electrons. The van der Waals surface area contributed by atoms with E-state index in [2.05, 4.69) is 10.3 Å². The molecule has 30 heavy (non-hydrogen) atoms. The van der Waals surface area contributed by atoms with Gasteiger partial charge in [0.2, 0.25) is 0 Å². The number of hydrogen-bond acceptors (Lipinski definition) is 4. The van der Waals surface area contributed by atoms with Gasteiger partial charge in [-0.2, -0.15) is 0 Å². The van der Waals surface area contributed by atoms with Crippen molar-refractivity contribution in [2.45, 2.75) is 11.4 Å². The van der Waals surface area contributed by atoms with Crippen molar-refractivity contribution in [1.29, 1.82) is 0 Å². The molecule has 0 fully saturated rings. The lowest BCUT2D eigenvalue weighted by Gasteiger charge is -2.31. The highest BCUT2D eigenvalue weighted by Gasteiger charge is 2.38. The molecule has 0 saturated heterocycles. The normalized spacial score (nSPS) is 14.9. The largest absolute Gasteiger partial charge is 0.347 e. The molecule has 0 saturated carbocycles. The van der Waals surface area contributed by atoms with E-state index in [-0.39, 0.29) is 17.1 Å². The van der Waals surface area contributed by atoms with Crippen LogP contribution in [0.2, 0.25) is 5.02 Å². The number of benzene rings is 2. The number of hydrogen-bond donors (Lipinski definition) is 1. The fourth-order valence-corrected chi connectivity index (χ4v) is 4.96. The summed E-state index contributed by atoms with van der Waals surface area (Å²) >= 11 is 6.19. The molecule has 0 atom stereocenters. The Balaban J connectivity index is 1.89. The number of rotatable bonds is 4. The van der Waals surface area contributed by atoms with E-state index in [0.717, 1.165) is 9.87 Å². The third-order valence-electron chi connectivity index (χ3n) is 4.85. The third-order valence-corrected chi connectivity index (χ3v) is 6.91. The quantitative estimate of drug-likeness (QED) is 0.675. The SMILES string of the molecule is CN1C(C(=O)NCc2cccnc2)=C(c2ccccc2)c2cc(Cl)ccc2S1(=O)=O. The molecule has 1 amide bonds. The Bertz CT molecular complexity index is 1240. The van der Waals surface area contributed by atoms with Crippen LogP contribution in [0.15, 0.2) is 83.6 Å². The summed E-state index contributed by atoms with van der Waals surface area (Å²) in [6.45, 7) is 0.217. The van der Waals surface area contributed by atoms with Gasteiger partial charge in [0.1, 0.15) is 5.70 Å². The summed E-state index contributed by atoms with van der Waals surface area (Å²) in [6, 6.07) is 17.4. The van der Waals surface area contributed by atoms with Gasteiger partial charge in [-0.05, 0) is 35.4 Å². The van der Waals surface area contributed by atoms with Gasteiger partial charge in [-0.15, -0.1) is 0 Å². The first kappa shape index (κ1) is 20.1. The van der Waals surface area contributed by atoms with E-state index < -0.39 is 15.9 Å². The molecule has 1 aliphatic heterocycles. The number of aromatic nitrogens is 1. The van der Waals surface area contributed by atoms with Gasteiger partial charge in [-0.3, -0.25) is 14.1 Å². The van der Waals surface area contributed by atoms with E-state index in [1.807, 2.05) is 36.4 Å². The standard InChI is InChI=1S/C22H18ClN3O3S/c1-26-21(22(27)25-14-15-6-5-11-24-13-15)20(16-7-3-2-4-8-16)18-12-17(23)9-10-19(18)30(26,28)29/h2-13H,14H2,1H3,(H,25,27). The van der Waals surface area contributed by atoms with Gasteiger partial charge in [0.05, 0.1) is 4.90 Å². The van der Waals surface area contributed by atoms with Crippen LogP contribution < -0.4 is 5.32 Å². The summed E-state index contributed by atoms with van der Waals surface area (Å²) in [5.41, 5.74) is 2.47. The summed E-state index contributed by atoms with van der Waals surface area (Å²) in [4.78, 5) is 17.4. The van der Waals surface area contributed by atoms with E-state index >= 15 is 0 Å². The summed E-state index contributed by atoms with van der Waals surface area (Å²) in [5.74, 6) is -0.505. The predicted octanol–water partition coefficient (Wildman–Crippen LogP) is 3.44. The third kappa shape index (κ3) is 3.58. The number of sulfonamides is 1. The zero-order valence-electron chi connectivity index (χ0n) is 16.0. The van der Waals surface area contributed by atoms with Crippen molar-refractivity contribution in [3.63, 3.8) is 0 Å². The molecular formula is C22H18ClN3O3S. The highest BCUT2D eigenvalue weighted by Crippen LogP contribution is 2.40. The van der Waals surface area contributed by atoms with Crippen LogP contribution in [0.1, 0.15) is 16.7 Å². The molecule has 0 spiro atoms. The lowest BCUT2D eigenvalue weighted by atomic mass is 9.95. The molecule has 1 aliphatic rings. The van der Waals surface area contributed by atoms with Crippen molar-refractivity contribution in [3.05, 3.63) is 100 Å². The number of amides is 1. The Morgan fingerprint density at radius 1 is 1.10 bits per heavy atom. The molecule has 152 valence electrons. The molecule has 4 rings (SSSR count). The molecule has 0 unspecified atom stereocenters. The number of carbonyl (C=O) groups is 1. The predicted molar refractivity (Wildman–Crippen MR) is 115 cm³/mol. The maximum Gasteiger partial charge on any atom is 0.269 e. The minimum Gasteiger partial charge on any atom is -0.347 e. The van der Waals surface area contributed by atoms with Crippen LogP contribution in [0, 0.1) is 0 Å². The van der Waals surface area contributed by atoms with E-state index in [9.17, 15) is 13.2 Å². The van der Waals surface area contributed by atoms with Gasteiger partial charge in [-0.25, -0.2) is 8.42 Å². The Morgan fingerprint density at radius 3 is 2.57 bits per heavy atom. The second kappa shape index (κ2) is 7.93. The topological polar surface area (TPSA) is 79.4 Å². The van der Waals surface area contributed by atoms with E-state index in [1.165, 1.54) is 19.2 Å². The van der Waals surface area contributed by atoms with Crippen LogP contribution in [0.5, 0.6) is 0 Å². The molecule has 0 aliphatic carbocycles. The highest BCUT2D eigenvalue weighted by atomic mass is 35.5. The van der Waals surface area contributed by atoms with Crippen molar-refractivity contribution >= 4 is 33.1 Å². The summed E-state index contributed by atoms with van der Waals surface area (Å²) in [5, 5.41) is 3.19. The van der Waals surface area contributed by atoms with Crippen molar-refractivity contribution in [2.24, 2.45) is 0 Å². The van der Waals surface area contributed by atoms with Gasteiger partial charge in [0.15, 0.2) is 0 Å². The number of nitrogens with one attached hydrogen (secondary N) is 1. The number of fused-ring (bicyclic) bond motifs is 1. The zero-order chi connectivity index (χ0) is 21.3. The van der Waals surface area contributed by atoms with Crippen LogP contribution in [0.3, 0.4) is 0 Å². The summed E-state index contributed by atoms with van der Waals surface area (Å²) < 4.78 is 27.3. The average molecular weight is 440 g/mol. The Kier molecular flexibility index (Phi) is 5.32. The first-order valence-corrected chi connectivity index (χ1v) is 11.0. The molecule has 8 heteroatoms. The number of carbonyl (C=O) groups excluding carboxylic acids is 1. The van der Waals surface area contributed by atoms with Gasteiger partial charge >= 0.3 is 0 Å². The summed E-state index contributed by atoms with van der Waals surface area (Å²) in [6.07, 6.45) is 3.28. The first-order valence-electron chi connectivity index (χ1n) is 9.15. The second-order valence-electron chi connectivity index (χ2n) is 6.75. The smallest absolute Gasteiger partial charge is 0.269 e. The molecule has 0 bridgehead atoms. The number of halogens is 1. The Labute approximate surface area is 179 Å². The van der Waals surface area contributed by atoms with Crippen molar-refractivity contribution in [1.82, 2.24) is 14.6 Å². The summed E-state index contributed by atoms with van der Waals surface area (Å²) in [7, 11) is -2.53. The van der Waals surface area contributed by atoms with Crippen molar-refractivity contribution in [3.8, 4) is 0 Å².